The number of aromatic nitrogens is 2. The van der Waals surface area contributed by atoms with Gasteiger partial charge < -0.3 is 0 Å². The summed E-state index contributed by atoms with van der Waals surface area (Å²) in [5.41, 5.74) is 4.54. The van der Waals surface area contributed by atoms with Crippen molar-refractivity contribution in [3.8, 4) is 5.69 Å². The van der Waals surface area contributed by atoms with Crippen molar-refractivity contribution >= 4 is 11.9 Å². The minimum absolute atomic E-state index is 0.255. The smallest absolute Gasteiger partial charge is 0.143 e. The lowest BCUT2D eigenvalue weighted by Crippen LogP contribution is -2.34. The van der Waals surface area contributed by atoms with Crippen LogP contribution in [-0.4, -0.2) is 15.6 Å². The molecule has 0 fully saturated rings. The number of benzene rings is 2. The number of hydrogen-bond acceptors (Lipinski definition) is 2. The molecule has 4 rings (SSSR count). The summed E-state index contributed by atoms with van der Waals surface area (Å²) in [7, 11) is 0. The summed E-state index contributed by atoms with van der Waals surface area (Å²) in [4.78, 5) is 13.1. The Kier molecular flexibility index (Phi) is 4.71. The van der Waals surface area contributed by atoms with Crippen LogP contribution in [0.15, 0.2) is 66.4 Å². The van der Waals surface area contributed by atoms with Gasteiger partial charge in [0.15, 0.2) is 0 Å². The second kappa shape index (κ2) is 7.19. The number of fused-ring (bicyclic) bond motifs is 1. The minimum Gasteiger partial charge on any atom is -0.299 e. The first kappa shape index (κ1) is 18.4. The summed E-state index contributed by atoms with van der Waals surface area (Å²) in [5, 5.41) is 4.49. The van der Waals surface area contributed by atoms with Gasteiger partial charge in [-0.05, 0) is 68.2 Å². The zero-order valence-corrected chi connectivity index (χ0v) is 16.2. The molecule has 3 aromatic rings. The molecule has 0 radical (unpaired) electrons. The Morgan fingerprint density at radius 2 is 1.86 bits per heavy atom. The molecule has 0 amide bonds. The van der Waals surface area contributed by atoms with Gasteiger partial charge in [0, 0.05) is 6.42 Å². The number of allylic oxidation sites excluding steroid dienone is 1. The van der Waals surface area contributed by atoms with Crippen LogP contribution in [-0.2, 0) is 17.6 Å². The zero-order chi connectivity index (χ0) is 19.7. The third-order valence-electron chi connectivity index (χ3n) is 5.82. The highest BCUT2D eigenvalue weighted by Crippen LogP contribution is 2.40. The van der Waals surface area contributed by atoms with Crippen LogP contribution in [0.3, 0.4) is 0 Å². The van der Waals surface area contributed by atoms with E-state index in [1.165, 1.54) is 17.7 Å². The van der Waals surface area contributed by atoms with Crippen LogP contribution in [0, 0.1) is 11.2 Å². The molecule has 1 aliphatic carbocycles. The van der Waals surface area contributed by atoms with Gasteiger partial charge in [0.1, 0.15) is 11.6 Å². The van der Waals surface area contributed by atoms with Gasteiger partial charge in [0.2, 0.25) is 0 Å². The number of Topliss-reactive ketones (excluding diaryl/α,β-unsaturated/α-hetero) is 1. The summed E-state index contributed by atoms with van der Waals surface area (Å²) in [6.45, 7) is 4.05. The van der Waals surface area contributed by atoms with Crippen LogP contribution in [0.25, 0.3) is 11.8 Å². The second-order valence-electron chi connectivity index (χ2n) is 7.69. The van der Waals surface area contributed by atoms with E-state index in [4.69, 9.17) is 0 Å². The molecule has 3 nitrogen and oxygen atoms in total. The molecule has 0 spiro atoms. The largest absolute Gasteiger partial charge is 0.299 e. The molecule has 0 saturated heterocycles. The van der Waals surface area contributed by atoms with Crippen molar-refractivity contribution in [1.29, 1.82) is 0 Å². The second-order valence-corrected chi connectivity index (χ2v) is 7.69. The predicted octanol–water partition coefficient (Wildman–Crippen LogP) is 5.18. The lowest BCUT2D eigenvalue weighted by atomic mass is 9.70. The Hall–Kier alpha value is -3.01. The topological polar surface area (TPSA) is 34.9 Å². The van der Waals surface area contributed by atoms with Crippen LogP contribution < -0.4 is 0 Å². The van der Waals surface area contributed by atoms with Crippen molar-refractivity contribution in [2.75, 3.05) is 0 Å². The Labute approximate surface area is 164 Å². The first-order chi connectivity index (χ1) is 13.5. The van der Waals surface area contributed by atoms with Crippen LogP contribution in [0.2, 0.25) is 0 Å². The van der Waals surface area contributed by atoms with Crippen molar-refractivity contribution in [3.63, 3.8) is 0 Å². The summed E-state index contributed by atoms with van der Waals surface area (Å²) in [5.74, 6) is -0.0154. The van der Waals surface area contributed by atoms with Gasteiger partial charge in [-0.15, -0.1) is 0 Å². The third-order valence-corrected chi connectivity index (χ3v) is 5.82. The van der Waals surface area contributed by atoms with Crippen molar-refractivity contribution in [1.82, 2.24) is 9.78 Å². The minimum atomic E-state index is -0.515. The van der Waals surface area contributed by atoms with Crippen LogP contribution >= 0.6 is 0 Å². The van der Waals surface area contributed by atoms with E-state index in [-0.39, 0.29) is 11.6 Å². The number of halogens is 1. The number of hydrogen-bond donors (Lipinski definition) is 0. The molecule has 0 bridgehead atoms. The fourth-order valence-electron chi connectivity index (χ4n) is 3.85. The van der Waals surface area contributed by atoms with Crippen molar-refractivity contribution in [2.45, 2.75) is 33.1 Å². The number of carbonyl (C=O) groups is 1. The molecular formula is C24H23FN2O. The molecular weight excluding hydrogens is 351 g/mol. The Morgan fingerprint density at radius 1 is 1.14 bits per heavy atom. The maximum atomic E-state index is 13.2. The molecule has 4 heteroatoms. The highest BCUT2D eigenvalue weighted by molar-refractivity contribution is 5.90. The highest BCUT2D eigenvalue weighted by atomic mass is 19.1. The highest BCUT2D eigenvalue weighted by Gasteiger charge is 2.38. The van der Waals surface area contributed by atoms with Crippen LogP contribution in [0.1, 0.15) is 37.1 Å². The lowest BCUT2D eigenvalue weighted by molar-refractivity contribution is -0.126. The van der Waals surface area contributed by atoms with E-state index in [0.717, 1.165) is 28.9 Å². The van der Waals surface area contributed by atoms with E-state index >= 15 is 0 Å². The molecule has 142 valence electrons. The van der Waals surface area contributed by atoms with Crippen molar-refractivity contribution < 1.29 is 9.18 Å². The van der Waals surface area contributed by atoms with Crippen molar-refractivity contribution in [2.24, 2.45) is 5.41 Å². The maximum Gasteiger partial charge on any atom is 0.143 e. The van der Waals surface area contributed by atoms with Crippen LogP contribution in [0.4, 0.5) is 4.39 Å². The van der Waals surface area contributed by atoms with Gasteiger partial charge in [-0.2, -0.15) is 5.10 Å². The zero-order valence-electron chi connectivity index (χ0n) is 16.2. The average Bonchev–Trinajstić information content (AvgIpc) is 3.10. The Balaban J connectivity index is 1.58. The number of ketones is 1. The predicted molar refractivity (Wildman–Crippen MR) is 109 cm³/mol. The molecule has 1 aromatic heterocycles. The van der Waals surface area contributed by atoms with Crippen LogP contribution in [0.5, 0.6) is 0 Å². The van der Waals surface area contributed by atoms with Gasteiger partial charge >= 0.3 is 0 Å². The Bertz CT molecular complexity index is 1030. The fourth-order valence-corrected chi connectivity index (χ4v) is 3.85. The molecule has 0 aliphatic heterocycles. The lowest BCUT2D eigenvalue weighted by Gasteiger charge is -2.32. The number of carbonyl (C=O) groups excluding carboxylic acids is 1. The van der Waals surface area contributed by atoms with Gasteiger partial charge in [-0.1, -0.05) is 35.9 Å². The average molecular weight is 374 g/mol. The standard InChI is InChI=1S/C24H23FN2O/c1-17-14-22-19(16-26-27(22)21-11-9-20(25)10-12-21)15-24(17,2)23(28)13-8-18-6-4-3-5-7-18/h3-7,9-12,14,16H,8,13,15H2,1-2H3/t24-/m0/s1. The third kappa shape index (κ3) is 3.31. The van der Waals surface area contributed by atoms with E-state index < -0.39 is 5.41 Å². The van der Waals surface area contributed by atoms with E-state index in [2.05, 4.69) is 23.3 Å². The molecule has 0 saturated carbocycles. The SMILES string of the molecule is CC1=Cc2c(cnn2-c2ccc(F)cc2)C[C@]1(C)C(=O)CCc1ccccc1. The molecule has 0 N–H and O–H groups in total. The number of rotatable bonds is 5. The normalized spacial score (nSPS) is 18.5. The van der Waals surface area contributed by atoms with Gasteiger partial charge in [-0.25, -0.2) is 9.07 Å². The molecule has 2 aromatic carbocycles. The molecule has 1 heterocycles. The fraction of sp³-hybridized carbons (Fsp3) is 0.250. The molecule has 1 atom stereocenters. The Morgan fingerprint density at radius 3 is 2.57 bits per heavy atom. The van der Waals surface area contributed by atoms with E-state index in [1.54, 1.807) is 12.1 Å². The first-order valence-corrected chi connectivity index (χ1v) is 9.56. The van der Waals surface area contributed by atoms with E-state index in [9.17, 15) is 9.18 Å². The summed E-state index contributed by atoms with van der Waals surface area (Å²) < 4.78 is 15.0. The monoisotopic (exact) mass is 374 g/mol. The van der Waals surface area contributed by atoms with Gasteiger partial charge in [0.05, 0.1) is 23.0 Å². The quantitative estimate of drug-likeness (QED) is 0.617. The summed E-state index contributed by atoms with van der Waals surface area (Å²) in [6, 6.07) is 16.4. The summed E-state index contributed by atoms with van der Waals surface area (Å²) >= 11 is 0. The first-order valence-electron chi connectivity index (χ1n) is 9.56. The maximum absolute atomic E-state index is 13.2. The number of nitrogens with zero attached hydrogens (tertiary/aromatic N) is 2. The number of aryl methyl sites for hydroxylation is 1. The van der Waals surface area contributed by atoms with E-state index in [1.807, 2.05) is 42.9 Å². The molecule has 28 heavy (non-hydrogen) atoms. The van der Waals surface area contributed by atoms with Gasteiger partial charge in [0.25, 0.3) is 0 Å². The van der Waals surface area contributed by atoms with Gasteiger partial charge in [-0.3, -0.25) is 4.79 Å². The molecule has 0 unspecified atom stereocenters. The van der Waals surface area contributed by atoms with Crippen molar-refractivity contribution in [3.05, 3.63) is 89.0 Å². The molecule has 1 aliphatic rings. The summed E-state index contributed by atoms with van der Waals surface area (Å²) in [6.07, 6.45) is 5.79. The van der Waals surface area contributed by atoms with E-state index in [0.29, 0.717) is 12.8 Å².